The minimum Gasteiger partial charge on any atom is -0.343 e. The Kier molecular flexibility index (Phi) is 0.322. The Morgan fingerprint density at radius 1 is 1.80 bits per heavy atom. The van der Waals surface area contributed by atoms with Gasteiger partial charge in [0.25, 0.3) is 0 Å². The highest BCUT2D eigenvalue weighted by molar-refractivity contribution is 8.04. The maximum absolute atomic E-state index is 9.43. The lowest BCUT2D eigenvalue weighted by Gasteiger charge is -1.27. The number of hydrogen-bond donors (Lipinski definition) is 0. The smallest absolute Gasteiger partial charge is 0.343 e. The SMILES string of the molecule is O=C1OS1=O. The Morgan fingerprint density at radius 3 is 2.00 bits per heavy atom. The van der Waals surface area contributed by atoms with E-state index in [1.165, 1.54) is 0 Å². The molecule has 0 N–H and O–H groups in total. The molecule has 1 unspecified atom stereocenters. The van der Waals surface area contributed by atoms with Crippen molar-refractivity contribution in [3.8, 4) is 0 Å². The van der Waals surface area contributed by atoms with Crippen LogP contribution in [0.15, 0.2) is 0 Å². The minimum absolute atomic E-state index is 0.606. The molecule has 1 aliphatic rings. The van der Waals surface area contributed by atoms with E-state index in [1.54, 1.807) is 0 Å². The van der Waals surface area contributed by atoms with Crippen molar-refractivity contribution >= 4 is 16.4 Å². The quantitative estimate of drug-likeness (QED) is 0.389. The highest BCUT2D eigenvalue weighted by atomic mass is 32.2. The molecule has 0 bridgehead atoms. The van der Waals surface area contributed by atoms with Gasteiger partial charge in [0.05, 0.1) is 0 Å². The number of carbonyl (C=O) groups is 1. The first-order valence-corrected chi connectivity index (χ1v) is 2.02. The standard InChI is InChI=1S/CO3S/c2-1-4-5(1)3. The minimum atomic E-state index is -1.54. The van der Waals surface area contributed by atoms with Gasteiger partial charge in [-0.3, -0.25) is 0 Å². The molecular weight excluding hydrogens is 92.1 g/mol. The van der Waals surface area contributed by atoms with Gasteiger partial charge in [-0.2, -0.15) is 0 Å². The van der Waals surface area contributed by atoms with Gasteiger partial charge in [-0.25, -0.2) is 9.00 Å². The number of carbonyl (C=O) groups excluding carboxylic acids is 1. The van der Waals surface area contributed by atoms with E-state index in [9.17, 15) is 9.00 Å². The molecule has 0 aliphatic carbocycles. The number of hydrogen-bond acceptors (Lipinski definition) is 3. The van der Waals surface area contributed by atoms with Crippen molar-refractivity contribution in [2.75, 3.05) is 0 Å². The fraction of sp³-hybridized carbons (Fsp3) is 0. The van der Waals surface area contributed by atoms with Crippen molar-refractivity contribution < 1.29 is 13.2 Å². The normalized spacial score (nSPS) is 32.8. The second-order valence-electron chi connectivity index (χ2n) is 0.568. The van der Waals surface area contributed by atoms with Gasteiger partial charge < -0.3 is 4.18 Å². The van der Waals surface area contributed by atoms with Crippen LogP contribution in [0.4, 0.5) is 4.79 Å². The van der Waals surface area contributed by atoms with Gasteiger partial charge in [0.15, 0.2) is 0 Å². The first-order chi connectivity index (χ1) is 2.30. The van der Waals surface area contributed by atoms with Gasteiger partial charge in [-0.1, -0.05) is 0 Å². The van der Waals surface area contributed by atoms with E-state index >= 15 is 0 Å². The zero-order valence-electron chi connectivity index (χ0n) is 2.13. The lowest BCUT2D eigenvalue weighted by molar-refractivity contribution is 0.249. The molecule has 1 rings (SSSR count). The van der Waals surface area contributed by atoms with Gasteiger partial charge in [0, 0.05) is 0 Å². The van der Waals surface area contributed by atoms with Crippen molar-refractivity contribution in [1.82, 2.24) is 0 Å². The second-order valence-corrected chi connectivity index (χ2v) is 1.54. The molecule has 4 heteroatoms. The van der Waals surface area contributed by atoms with E-state index in [0.29, 0.717) is 0 Å². The summed E-state index contributed by atoms with van der Waals surface area (Å²) in [7, 11) is 0. The summed E-state index contributed by atoms with van der Waals surface area (Å²) in [4.78, 5) is 9.36. The first-order valence-electron chi connectivity index (χ1n) is 0.946. The van der Waals surface area contributed by atoms with Crippen LogP contribution >= 0.6 is 0 Å². The molecule has 0 amide bonds. The summed E-state index contributed by atoms with van der Waals surface area (Å²) < 4.78 is 13.2. The van der Waals surface area contributed by atoms with Crippen LogP contribution in [0.3, 0.4) is 0 Å². The van der Waals surface area contributed by atoms with Gasteiger partial charge in [0.2, 0.25) is 0 Å². The molecule has 1 aliphatic heterocycles. The molecule has 1 fully saturated rings. The van der Waals surface area contributed by atoms with E-state index in [1.807, 2.05) is 0 Å². The van der Waals surface area contributed by atoms with Gasteiger partial charge in [-0.05, 0) is 0 Å². The lowest BCUT2D eigenvalue weighted by Crippen LogP contribution is -1.49. The molecule has 0 radical (unpaired) electrons. The summed E-state index contributed by atoms with van der Waals surface area (Å²) in [6, 6.07) is 0. The zero-order chi connectivity index (χ0) is 3.86. The van der Waals surface area contributed by atoms with Gasteiger partial charge in [-0.15, -0.1) is 0 Å². The third kappa shape index (κ3) is 0.301. The van der Waals surface area contributed by atoms with E-state index in [4.69, 9.17) is 0 Å². The fourth-order valence-corrected chi connectivity index (χ4v) is 0.218. The molecule has 0 spiro atoms. The average molecular weight is 92.1 g/mol. The van der Waals surface area contributed by atoms with E-state index < -0.39 is 16.4 Å². The topological polar surface area (TPSA) is 46.7 Å². The van der Waals surface area contributed by atoms with Gasteiger partial charge in [0.1, 0.15) is 0 Å². The summed E-state index contributed by atoms with van der Waals surface area (Å²) in [6.45, 7) is 0. The molecule has 0 saturated carbocycles. The molecule has 1 atom stereocenters. The van der Waals surface area contributed by atoms with Crippen molar-refractivity contribution in [2.24, 2.45) is 0 Å². The Bertz CT molecular complexity index is 83.1. The molecule has 5 heavy (non-hydrogen) atoms. The van der Waals surface area contributed by atoms with E-state index in [-0.39, 0.29) is 0 Å². The first kappa shape index (κ1) is 2.84. The Balaban J connectivity index is 2.81. The molecule has 0 aromatic rings. The van der Waals surface area contributed by atoms with Crippen LogP contribution in [0.5, 0.6) is 0 Å². The van der Waals surface area contributed by atoms with E-state index in [0.717, 1.165) is 0 Å². The maximum Gasteiger partial charge on any atom is 0.451 e. The third-order valence-corrected chi connectivity index (χ3v) is 0.760. The number of rotatable bonds is 0. The summed E-state index contributed by atoms with van der Waals surface area (Å²) >= 11 is -1.54. The average Bonchev–Trinajstić information content (AvgIpc) is 1.79. The summed E-state index contributed by atoms with van der Waals surface area (Å²) in [5, 5.41) is -0.606. The summed E-state index contributed by atoms with van der Waals surface area (Å²) in [5.41, 5.74) is 0. The fourth-order valence-electron chi connectivity index (χ4n) is 0.0448. The highest BCUT2D eigenvalue weighted by Crippen LogP contribution is 2.06. The summed E-state index contributed by atoms with van der Waals surface area (Å²) in [5.74, 6) is 0. The maximum atomic E-state index is 9.43. The van der Waals surface area contributed by atoms with Crippen molar-refractivity contribution in [3.63, 3.8) is 0 Å². The van der Waals surface area contributed by atoms with Crippen LogP contribution in [0.2, 0.25) is 0 Å². The monoisotopic (exact) mass is 92.0 g/mol. The predicted molar refractivity (Wildman–Crippen MR) is 14.6 cm³/mol. The summed E-state index contributed by atoms with van der Waals surface area (Å²) in [6.07, 6.45) is 0. The molecule has 3 nitrogen and oxygen atoms in total. The zero-order valence-corrected chi connectivity index (χ0v) is 2.95. The van der Waals surface area contributed by atoms with Crippen LogP contribution in [0.1, 0.15) is 0 Å². The van der Waals surface area contributed by atoms with E-state index in [2.05, 4.69) is 4.18 Å². The second kappa shape index (κ2) is 0.567. The van der Waals surface area contributed by atoms with Crippen LogP contribution < -0.4 is 0 Å². The lowest BCUT2D eigenvalue weighted by atomic mass is 11.6. The molecule has 1 saturated heterocycles. The Morgan fingerprint density at radius 2 is 2.00 bits per heavy atom. The molecule has 1 heterocycles. The third-order valence-electron chi connectivity index (χ3n) is 0.253. The van der Waals surface area contributed by atoms with Gasteiger partial charge >= 0.3 is 16.4 Å². The molecule has 0 aromatic carbocycles. The van der Waals surface area contributed by atoms with Crippen molar-refractivity contribution in [2.45, 2.75) is 0 Å². The Labute approximate surface area is 30.6 Å². The van der Waals surface area contributed by atoms with Crippen LogP contribution in [-0.4, -0.2) is 9.51 Å². The van der Waals surface area contributed by atoms with Crippen LogP contribution in [0, 0.1) is 0 Å². The van der Waals surface area contributed by atoms with Crippen molar-refractivity contribution in [3.05, 3.63) is 0 Å². The van der Waals surface area contributed by atoms with Crippen LogP contribution in [0.25, 0.3) is 0 Å². The van der Waals surface area contributed by atoms with Crippen LogP contribution in [-0.2, 0) is 15.3 Å². The van der Waals surface area contributed by atoms with Crippen molar-refractivity contribution in [1.29, 1.82) is 0 Å². The predicted octanol–water partition coefficient (Wildman–Crippen LogP) is -0.200. The largest absolute Gasteiger partial charge is 0.451 e. The highest BCUT2D eigenvalue weighted by Gasteiger charge is 2.33. The molecule has 28 valence electrons. The molecule has 0 aromatic heterocycles. The Hall–Kier alpha value is -0.380. The molecular formula is CO3S.